The van der Waals surface area contributed by atoms with E-state index in [-0.39, 0.29) is 5.78 Å². The van der Waals surface area contributed by atoms with Crippen LogP contribution in [0.25, 0.3) is 0 Å². The first-order valence-electron chi connectivity index (χ1n) is 7.51. The number of Topliss-reactive ketones (excluding diaryl/α,β-unsaturated/α-hetero) is 1. The molecule has 0 amide bonds. The predicted octanol–water partition coefficient (Wildman–Crippen LogP) is 3.10. The number of carbonyl (C=O) groups is 1. The van der Waals surface area contributed by atoms with E-state index in [9.17, 15) is 4.79 Å². The van der Waals surface area contributed by atoms with E-state index in [1.807, 2.05) is 33.0 Å². The Morgan fingerprint density at radius 1 is 1.15 bits per heavy atom. The van der Waals surface area contributed by atoms with Crippen LogP contribution < -0.4 is 5.32 Å². The van der Waals surface area contributed by atoms with Gasteiger partial charge in [0, 0.05) is 24.1 Å². The van der Waals surface area contributed by atoms with E-state index in [1.54, 1.807) is 6.92 Å². The first-order chi connectivity index (χ1) is 9.44. The molecule has 1 rings (SSSR count). The fraction of sp³-hybridized carbons (Fsp3) is 0.588. The van der Waals surface area contributed by atoms with Crippen molar-refractivity contribution in [3.63, 3.8) is 0 Å². The number of quaternary nitrogens is 1. The zero-order valence-corrected chi connectivity index (χ0v) is 14.0. The number of hydrogen-bond donors (Lipinski definition) is 1. The van der Waals surface area contributed by atoms with Crippen LogP contribution in [0.3, 0.4) is 0 Å². The van der Waals surface area contributed by atoms with Crippen LogP contribution in [0.4, 0.5) is 0 Å². The van der Waals surface area contributed by atoms with Gasteiger partial charge in [0.05, 0.1) is 20.6 Å². The van der Waals surface area contributed by atoms with Gasteiger partial charge in [0.1, 0.15) is 6.54 Å². The largest absolute Gasteiger partial charge is 0.325 e. The fourth-order valence-corrected chi connectivity index (χ4v) is 2.10. The maximum atomic E-state index is 11.2. The molecule has 3 nitrogen and oxygen atoms in total. The average Bonchev–Trinajstić information content (AvgIpc) is 2.41. The molecular weight excluding hydrogens is 248 g/mol. The summed E-state index contributed by atoms with van der Waals surface area (Å²) in [5.74, 6) is 0.129. The molecule has 0 spiro atoms. The van der Waals surface area contributed by atoms with Crippen molar-refractivity contribution in [3.05, 3.63) is 35.4 Å². The maximum absolute atomic E-state index is 11.2. The first-order valence-corrected chi connectivity index (χ1v) is 7.51. The normalized spacial score (nSPS) is 10.7. The van der Waals surface area contributed by atoms with Crippen molar-refractivity contribution in [3.8, 4) is 0 Å². The molecular formula is C17H31N2O+. The Kier molecular flexibility index (Phi) is 9.10. The molecule has 0 radical (unpaired) electrons. The smallest absolute Gasteiger partial charge is 0.159 e. The molecule has 0 heterocycles. The van der Waals surface area contributed by atoms with E-state index in [1.165, 1.54) is 12.0 Å². The van der Waals surface area contributed by atoms with Crippen molar-refractivity contribution in [2.24, 2.45) is 0 Å². The van der Waals surface area contributed by atoms with Crippen LogP contribution >= 0.6 is 0 Å². The molecule has 0 aliphatic rings. The lowest BCUT2D eigenvalue weighted by atomic mass is 10.1. The van der Waals surface area contributed by atoms with Gasteiger partial charge in [-0.1, -0.05) is 38.1 Å². The molecule has 0 aliphatic carbocycles. The lowest BCUT2D eigenvalue weighted by Crippen LogP contribution is -2.40. The lowest BCUT2D eigenvalue weighted by molar-refractivity contribution is -0.903. The Hall–Kier alpha value is -1.19. The minimum atomic E-state index is 0.129. The molecule has 0 aromatic heterocycles. The van der Waals surface area contributed by atoms with E-state index in [2.05, 4.69) is 31.5 Å². The zero-order chi connectivity index (χ0) is 15.6. The summed E-state index contributed by atoms with van der Waals surface area (Å²) in [7, 11) is 6.48. The number of carbonyl (C=O) groups excluding carboxylic acids is 1. The molecule has 1 aromatic rings. The van der Waals surface area contributed by atoms with Crippen LogP contribution in [0, 0.1) is 0 Å². The van der Waals surface area contributed by atoms with Crippen molar-refractivity contribution < 1.29 is 9.28 Å². The molecule has 0 saturated carbocycles. The topological polar surface area (TPSA) is 29.1 Å². The van der Waals surface area contributed by atoms with E-state index < -0.39 is 0 Å². The Balaban J connectivity index is 0.00000172. The van der Waals surface area contributed by atoms with Gasteiger partial charge < -0.3 is 9.80 Å². The van der Waals surface area contributed by atoms with Gasteiger partial charge >= 0.3 is 0 Å². The monoisotopic (exact) mass is 279 g/mol. The highest BCUT2D eigenvalue weighted by Gasteiger charge is 2.15. The van der Waals surface area contributed by atoms with Crippen LogP contribution in [0.15, 0.2) is 24.3 Å². The van der Waals surface area contributed by atoms with Gasteiger partial charge in [0.15, 0.2) is 5.78 Å². The lowest BCUT2D eigenvalue weighted by Gasteiger charge is -2.30. The molecule has 0 unspecified atom stereocenters. The zero-order valence-electron chi connectivity index (χ0n) is 14.0. The molecule has 0 bridgehead atoms. The van der Waals surface area contributed by atoms with Gasteiger partial charge in [0.2, 0.25) is 0 Å². The summed E-state index contributed by atoms with van der Waals surface area (Å²) in [5, 5.41) is 3.18. The standard InChI is InChI=1S/C15H25N2O.C2H6/c1-13(18)15-8-6-14(7-9-15)12-17(3,4)11-5-10-16-2;1-2/h6-9,16H,5,10-12H2,1-4H3;1-2H3/q+1;. The summed E-state index contributed by atoms with van der Waals surface area (Å²) in [5.41, 5.74) is 2.08. The Morgan fingerprint density at radius 2 is 1.70 bits per heavy atom. The summed E-state index contributed by atoms with van der Waals surface area (Å²) in [6.45, 7) is 8.81. The minimum Gasteiger partial charge on any atom is -0.325 e. The predicted molar refractivity (Wildman–Crippen MR) is 87.0 cm³/mol. The number of ketones is 1. The highest BCUT2D eigenvalue weighted by molar-refractivity contribution is 5.93. The number of rotatable bonds is 7. The van der Waals surface area contributed by atoms with E-state index in [0.29, 0.717) is 0 Å². The SMILES string of the molecule is CC.CNCCC[N+](C)(C)Cc1ccc(C(C)=O)cc1. The van der Waals surface area contributed by atoms with E-state index in [4.69, 9.17) is 0 Å². The maximum Gasteiger partial charge on any atom is 0.159 e. The summed E-state index contributed by atoms with van der Waals surface area (Å²) >= 11 is 0. The van der Waals surface area contributed by atoms with Crippen LogP contribution in [0.1, 0.15) is 43.1 Å². The quantitative estimate of drug-likeness (QED) is 0.472. The second-order valence-electron chi connectivity index (χ2n) is 5.53. The van der Waals surface area contributed by atoms with Gasteiger partial charge in [-0.3, -0.25) is 4.79 Å². The first kappa shape index (κ1) is 18.8. The second kappa shape index (κ2) is 9.67. The molecule has 0 fully saturated rings. The van der Waals surface area contributed by atoms with Crippen LogP contribution in [-0.4, -0.2) is 44.5 Å². The molecule has 0 atom stereocenters. The molecule has 1 aromatic carbocycles. The van der Waals surface area contributed by atoms with Crippen LogP contribution in [0.5, 0.6) is 0 Å². The summed E-state index contributed by atoms with van der Waals surface area (Å²) in [6, 6.07) is 7.97. The van der Waals surface area contributed by atoms with Gasteiger partial charge in [-0.05, 0) is 14.0 Å². The number of benzene rings is 1. The Morgan fingerprint density at radius 3 is 2.15 bits per heavy atom. The molecule has 20 heavy (non-hydrogen) atoms. The van der Waals surface area contributed by atoms with Gasteiger partial charge in [-0.2, -0.15) is 0 Å². The number of nitrogens with one attached hydrogen (secondary N) is 1. The molecule has 0 saturated heterocycles. The third-order valence-corrected chi connectivity index (χ3v) is 3.16. The minimum absolute atomic E-state index is 0.129. The van der Waals surface area contributed by atoms with Gasteiger partial charge in [0.25, 0.3) is 0 Å². The summed E-state index contributed by atoms with van der Waals surface area (Å²) < 4.78 is 0.973. The number of hydrogen-bond acceptors (Lipinski definition) is 2. The highest BCUT2D eigenvalue weighted by atomic mass is 16.1. The van der Waals surface area contributed by atoms with Gasteiger partial charge in [-0.25, -0.2) is 0 Å². The van der Waals surface area contributed by atoms with Crippen molar-refractivity contribution in [2.45, 2.75) is 33.7 Å². The number of nitrogens with zero attached hydrogens (tertiary/aromatic N) is 1. The molecule has 0 aliphatic heterocycles. The third-order valence-electron chi connectivity index (χ3n) is 3.16. The Bertz CT molecular complexity index is 382. The van der Waals surface area contributed by atoms with Crippen molar-refractivity contribution in [2.75, 3.05) is 34.2 Å². The molecule has 3 heteroatoms. The second-order valence-corrected chi connectivity index (χ2v) is 5.53. The summed E-state index contributed by atoms with van der Waals surface area (Å²) in [4.78, 5) is 11.2. The van der Waals surface area contributed by atoms with Crippen LogP contribution in [0.2, 0.25) is 0 Å². The fourth-order valence-electron chi connectivity index (χ4n) is 2.10. The van der Waals surface area contributed by atoms with Crippen molar-refractivity contribution in [1.29, 1.82) is 0 Å². The van der Waals surface area contributed by atoms with Crippen LogP contribution in [-0.2, 0) is 6.54 Å². The summed E-state index contributed by atoms with van der Waals surface area (Å²) in [6.07, 6.45) is 1.18. The third kappa shape index (κ3) is 7.41. The molecule has 114 valence electrons. The van der Waals surface area contributed by atoms with E-state index >= 15 is 0 Å². The van der Waals surface area contributed by atoms with Gasteiger partial charge in [-0.15, -0.1) is 0 Å². The average molecular weight is 279 g/mol. The van der Waals surface area contributed by atoms with E-state index in [0.717, 1.165) is 29.7 Å². The molecule has 1 N–H and O–H groups in total. The Labute approximate surface area is 124 Å². The van der Waals surface area contributed by atoms with Crippen molar-refractivity contribution >= 4 is 5.78 Å². The highest BCUT2D eigenvalue weighted by Crippen LogP contribution is 2.11. The van der Waals surface area contributed by atoms with Crippen molar-refractivity contribution in [1.82, 2.24) is 5.32 Å².